The van der Waals surface area contributed by atoms with Crippen molar-refractivity contribution in [2.75, 3.05) is 7.11 Å². The van der Waals surface area contributed by atoms with E-state index < -0.39 is 11.8 Å². The minimum absolute atomic E-state index is 0.0211. The predicted molar refractivity (Wildman–Crippen MR) is 86.0 cm³/mol. The summed E-state index contributed by atoms with van der Waals surface area (Å²) >= 11 is 0. The van der Waals surface area contributed by atoms with Crippen LogP contribution >= 0.6 is 0 Å². The van der Waals surface area contributed by atoms with E-state index >= 15 is 0 Å². The fourth-order valence-electron chi connectivity index (χ4n) is 2.60. The molecule has 0 atom stereocenters. The first-order valence-electron chi connectivity index (χ1n) is 7.44. The molecule has 126 valence electrons. The standard InChI is InChI=1S/C18H14N2O5/c1-10-15(21)12-5-8-20-13(14(12)16(22)17(10)24-2)9-25-18(23)11-3-6-19-7-4-11/h3-8H,9H2,1-2H3. The van der Waals surface area contributed by atoms with Crippen molar-refractivity contribution >= 4 is 17.5 Å². The number of carbonyl (C=O) groups excluding carboxylic acids is 3. The van der Waals surface area contributed by atoms with Crippen molar-refractivity contribution in [3.8, 4) is 0 Å². The number of rotatable bonds is 4. The summed E-state index contributed by atoms with van der Waals surface area (Å²) in [6.45, 7) is 1.30. The average Bonchev–Trinajstić information content (AvgIpc) is 2.65. The molecule has 0 saturated heterocycles. The number of hydrogen-bond donors (Lipinski definition) is 0. The minimum atomic E-state index is -0.574. The van der Waals surface area contributed by atoms with Crippen LogP contribution < -0.4 is 0 Å². The molecular weight excluding hydrogens is 324 g/mol. The van der Waals surface area contributed by atoms with Crippen LogP contribution in [0.25, 0.3) is 0 Å². The van der Waals surface area contributed by atoms with E-state index in [1.54, 1.807) is 0 Å². The van der Waals surface area contributed by atoms with Crippen LogP contribution in [-0.2, 0) is 16.1 Å². The molecular formula is C18H14N2O5. The van der Waals surface area contributed by atoms with Crippen LogP contribution in [0.1, 0.15) is 43.7 Å². The summed E-state index contributed by atoms with van der Waals surface area (Å²) < 4.78 is 10.3. The molecule has 0 aromatic carbocycles. The molecule has 0 radical (unpaired) electrons. The fourth-order valence-corrected chi connectivity index (χ4v) is 2.60. The van der Waals surface area contributed by atoms with Gasteiger partial charge in [0.15, 0.2) is 11.5 Å². The van der Waals surface area contributed by atoms with Gasteiger partial charge in [0.2, 0.25) is 5.78 Å². The van der Waals surface area contributed by atoms with E-state index in [2.05, 4.69) is 9.97 Å². The highest BCUT2D eigenvalue weighted by molar-refractivity contribution is 6.26. The molecule has 0 saturated carbocycles. The molecule has 7 heteroatoms. The van der Waals surface area contributed by atoms with E-state index in [9.17, 15) is 14.4 Å². The predicted octanol–water partition coefficient (Wildman–Crippen LogP) is 2.13. The van der Waals surface area contributed by atoms with E-state index in [1.807, 2.05) is 0 Å². The SMILES string of the molecule is COC1=C(C)C(=O)c2ccnc(COC(=O)c3ccncc3)c2C1=O. The van der Waals surface area contributed by atoms with Crippen molar-refractivity contribution in [1.29, 1.82) is 0 Å². The number of ether oxygens (including phenoxy) is 2. The highest BCUT2D eigenvalue weighted by Crippen LogP contribution is 2.28. The first-order chi connectivity index (χ1) is 12.0. The normalized spacial score (nSPS) is 13.5. The Kier molecular flexibility index (Phi) is 4.38. The van der Waals surface area contributed by atoms with Crippen LogP contribution in [-0.4, -0.2) is 34.6 Å². The van der Waals surface area contributed by atoms with Gasteiger partial charge in [-0.2, -0.15) is 0 Å². The van der Waals surface area contributed by atoms with Gasteiger partial charge in [0, 0.05) is 29.7 Å². The summed E-state index contributed by atoms with van der Waals surface area (Å²) in [5, 5.41) is 0. The fraction of sp³-hybridized carbons (Fsp3) is 0.167. The summed E-state index contributed by atoms with van der Waals surface area (Å²) in [7, 11) is 1.33. The average molecular weight is 338 g/mol. The Morgan fingerprint density at radius 3 is 2.48 bits per heavy atom. The maximum Gasteiger partial charge on any atom is 0.338 e. The Balaban J connectivity index is 1.90. The van der Waals surface area contributed by atoms with E-state index in [0.29, 0.717) is 5.56 Å². The van der Waals surface area contributed by atoms with Crippen LogP contribution in [0, 0.1) is 0 Å². The van der Waals surface area contributed by atoms with Gasteiger partial charge in [-0.05, 0) is 25.1 Å². The lowest BCUT2D eigenvalue weighted by Crippen LogP contribution is -2.24. The summed E-state index contributed by atoms with van der Waals surface area (Å²) in [4.78, 5) is 45.0. The van der Waals surface area contributed by atoms with Crippen LogP contribution in [0.15, 0.2) is 48.1 Å². The second-order valence-corrected chi connectivity index (χ2v) is 5.31. The second-order valence-electron chi connectivity index (χ2n) is 5.31. The number of methoxy groups -OCH3 is 1. The number of pyridine rings is 2. The zero-order valence-corrected chi connectivity index (χ0v) is 13.6. The lowest BCUT2D eigenvalue weighted by atomic mass is 9.88. The van der Waals surface area contributed by atoms with Gasteiger partial charge in [0.05, 0.1) is 23.9 Å². The number of carbonyl (C=O) groups is 3. The molecule has 0 amide bonds. The van der Waals surface area contributed by atoms with Crippen LogP contribution in [0.5, 0.6) is 0 Å². The molecule has 2 aromatic rings. The van der Waals surface area contributed by atoms with E-state index in [0.717, 1.165) is 0 Å². The topological polar surface area (TPSA) is 95.5 Å². The van der Waals surface area contributed by atoms with Crippen LogP contribution in [0.2, 0.25) is 0 Å². The first kappa shape index (κ1) is 16.5. The van der Waals surface area contributed by atoms with Crippen molar-refractivity contribution in [3.63, 3.8) is 0 Å². The Bertz CT molecular complexity index is 903. The van der Waals surface area contributed by atoms with Crippen molar-refractivity contribution in [2.24, 2.45) is 0 Å². The van der Waals surface area contributed by atoms with Gasteiger partial charge >= 0.3 is 5.97 Å². The molecule has 0 fully saturated rings. The molecule has 0 aliphatic heterocycles. The molecule has 0 unspecified atom stereocenters. The molecule has 0 bridgehead atoms. The van der Waals surface area contributed by atoms with Crippen LogP contribution in [0.4, 0.5) is 0 Å². The van der Waals surface area contributed by atoms with Gasteiger partial charge in [-0.1, -0.05) is 0 Å². The van der Waals surface area contributed by atoms with Gasteiger partial charge in [-0.3, -0.25) is 19.6 Å². The van der Waals surface area contributed by atoms with Gasteiger partial charge < -0.3 is 9.47 Å². The number of esters is 1. The summed E-state index contributed by atoms with van der Waals surface area (Å²) in [5.41, 5.74) is 1.12. The Morgan fingerprint density at radius 2 is 1.80 bits per heavy atom. The Hall–Kier alpha value is -3.35. The number of Topliss-reactive ketones (excluding diaryl/α,β-unsaturated/α-hetero) is 2. The molecule has 1 aliphatic carbocycles. The van der Waals surface area contributed by atoms with Crippen molar-refractivity contribution in [2.45, 2.75) is 13.5 Å². The van der Waals surface area contributed by atoms with Crippen molar-refractivity contribution in [1.82, 2.24) is 9.97 Å². The third kappa shape index (κ3) is 2.91. The summed E-state index contributed by atoms with van der Waals surface area (Å²) in [6, 6.07) is 4.50. The van der Waals surface area contributed by atoms with Gasteiger partial charge in [0.1, 0.15) is 6.61 Å². The minimum Gasteiger partial charge on any atom is -0.492 e. The molecule has 7 nitrogen and oxygen atoms in total. The molecule has 25 heavy (non-hydrogen) atoms. The molecule has 0 spiro atoms. The number of allylic oxidation sites excluding steroid dienone is 2. The Labute approximate surface area is 143 Å². The smallest absolute Gasteiger partial charge is 0.338 e. The number of ketones is 2. The molecule has 3 rings (SSSR count). The van der Waals surface area contributed by atoms with E-state index in [-0.39, 0.29) is 40.5 Å². The first-order valence-corrected chi connectivity index (χ1v) is 7.44. The number of hydrogen-bond acceptors (Lipinski definition) is 7. The lowest BCUT2D eigenvalue weighted by molar-refractivity contribution is 0.0465. The Morgan fingerprint density at radius 1 is 1.08 bits per heavy atom. The molecule has 2 heterocycles. The maximum atomic E-state index is 12.6. The van der Waals surface area contributed by atoms with Gasteiger partial charge in [-0.15, -0.1) is 0 Å². The van der Waals surface area contributed by atoms with Gasteiger partial charge in [-0.25, -0.2) is 4.79 Å². The molecule has 0 N–H and O–H groups in total. The zero-order valence-electron chi connectivity index (χ0n) is 13.6. The van der Waals surface area contributed by atoms with E-state index in [1.165, 1.54) is 50.8 Å². The van der Waals surface area contributed by atoms with Crippen molar-refractivity contribution in [3.05, 3.63) is 70.5 Å². The third-order valence-electron chi connectivity index (χ3n) is 3.85. The summed E-state index contributed by atoms with van der Waals surface area (Å²) in [6.07, 6.45) is 4.35. The number of nitrogens with zero attached hydrogens (tertiary/aromatic N) is 2. The highest BCUT2D eigenvalue weighted by Gasteiger charge is 2.33. The maximum absolute atomic E-state index is 12.6. The summed E-state index contributed by atoms with van der Waals surface area (Å²) in [5.74, 6) is -1.35. The quantitative estimate of drug-likeness (QED) is 0.788. The number of fused-ring (bicyclic) bond motifs is 1. The van der Waals surface area contributed by atoms with Crippen LogP contribution in [0.3, 0.4) is 0 Å². The lowest BCUT2D eigenvalue weighted by Gasteiger charge is -2.19. The second kappa shape index (κ2) is 6.64. The highest BCUT2D eigenvalue weighted by atomic mass is 16.5. The zero-order chi connectivity index (χ0) is 18.0. The van der Waals surface area contributed by atoms with E-state index in [4.69, 9.17) is 9.47 Å². The third-order valence-corrected chi connectivity index (χ3v) is 3.85. The van der Waals surface area contributed by atoms with Crippen molar-refractivity contribution < 1.29 is 23.9 Å². The molecule has 2 aromatic heterocycles. The number of aromatic nitrogens is 2. The monoisotopic (exact) mass is 338 g/mol. The largest absolute Gasteiger partial charge is 0.492 e. The van der Waals surface area contributed by atoms with Gasteiger partial charge in [0.25, 0.3) is 0 Å². The molecule has 1 aliphatic rings.